The van der Waals surface area contributed by atoms with Gasteiger partial charge in [-0.25, -0.2) is 9.07 Å². The van der Waals surface area contributed by atoms with E-state index < -0.39 is 0 Å². The number of nitrogen functional groups attached to an aromatic ring is 1. The SMILES string of the molecule is Nn1c(COc2ccc(F)cc2)nnc1SCc1ccc(OCc2ccccn2)cc1. The lowest BCUT2D eigenvalue weighted by molar-refractivity contribution is 0.291. The lowest BCUT2D eigenvalue weighted by atomic mass is 10.2. The summed E-state index contributed by atoms with van der Waals surface area (Å²) in [5.74, 6) is 8.22. The summed E-state index contributed by atoms with van der Waals surface area (Å²) >= 11 is 1.47. The average molecular weight is 438 g/mol. The van der Waals surface area contributed by atoms with Crippen LogP contribution in [0.25, 0.3) is 0 Å². The molecule has 0 saturated heterocycles. The number of benzene rings is 2. The van der Waals surface area contributed by atoms with E-state index in [-0.39, 0.29) is 12.4 Å². The van der Waals surface area contributed by atoms with E-state index >= 15 is 0 Å². The highest BCUT2D eigenvalue weighted by Crippen LogP contribution is 2.23. The van der Waals surface area contributed by atoms with Crippen LogP contribution in [-0.2, 0) is 19.0 Å². The van der Waals surface area contributed by atoms with E-state index in [4.69, 9.17) is 15.3 Å². The van der Waals surface area contributed by atoms with Crippen LogP contribution in [0, 0.1) is 5.82 Å². The molecule has 4 aromatic rings. The molecular weight excluding hydrogens is 417 g/mol. The van der Waals surface area contributed by atoms with E-state index in [0.29, 0.717) is 29.1 Å². The van der Waals surface area contributed by atoms with Gasteiger partial charge in [0, 0.05) is 11.9 Å². The molecule has 31 heavy (non-hydrogen) atoms. The summed E-state index contributed by atoms with van der Waals surface area (Å²) in [7, 11) is 0. The number of halogens is 1. The Hall–Kier alpha value is -3.59. The normalized spacial score (nSPS) is 10.7. The molecule has 0 saturated carbocycles. The molecule has 2 aromatic carbocycles. The summed E-state index contributed by atoms with van der Waals surface area (Å²) in [6.45, 7) is 0.561. The molecule has 158 valence electrons. The number of nitrogens with zero attached hydrogens (tertiary/aromatic N) is 4. The van der Waals surface area contributed by atoms with Gasteiger partial charge < -0.3 is 15.3 Å². The molecule has 0 atom stereocenters. The van der Waals surface area contributed by atoms with E-state index in [9.17, 15) is 4.39 Å². The fourth-order valence-corrected chi connectivity index (χ4v) is 3.48. The van der Waals surface area contributed by atoms with Crippen molar-refractivity contribution >= 4 is 11.8 Å². The number of hydrogen-bond donors (Lipinski definition) is 1. The van der Waals surface area contributed by atoms with Gasteiger partial charge in [-0.3, -0.25) is 4.98 Å². The van der Waals surface area contributed by atoms with Gasteiger partial charge in [0.15, 0.2) is 5.82 Å². The number of rotatable bonds is 9. The van der Waals surface area contributed by atoms with Crippen LogP contribution in [0.4, 0.5) is 4.39 Å². The molecule has 0 unspecified atom stereocenters. The van der Waals surface area contributed by atoms with Crippen LogP contribution in [0.2, 0.25) is 0 Å². The van der Waals surface area contributed by atoms with Crippen LogP contribution in [-0.4, -0.2) is 19.9 Å². The number of pyridine rings is 1. The smallest absolute Gasteiger partial charge is 0.210 e. The van der Waals surface area contributed by atoms with Crippen molar-refractivity contribution in [3.63, 3.8) is 0 Å². The summed E-state index contributed by atoms with van der Waals surface area (Å²) in [6, 6.07) is 19.3. The lowest BCUT2D eigenvalue weighted by Crippen LogP contribution is -2.15. The van der Waals surface area contributed by atoms with Gasteiger partial charge in [0.25, 0.3) is 0 Å². The Morgan fingerprint density at radius 1 is 0.871 bits per heavy atom. The average Bonchev–Trinajstić information content (AvgIpc) is 3.16. The first-order valence-corrected chi connectivity index (χ1v) is 10.5. The van der Waals surface area contributed by atoms with Gasteiger partial charge in [-0.2, -0.15) is 0 Å². The zero-order chi connectivity index (χ0) is 21.5. The number of thioether (sulfide) groups is 1. The van der Waals surface area contributed by atoms with E-state index in [2.05, 4.69) is 15.2 Å². The molecule has 2 N–H and O–H groups in total. The second-order valence-corrected chi connectivity index (χ2v) is 7.50. The second kappa shape index (κ2) is 9.94. The number of nitrogens with two attached hydrogens (primary N) is 1. The van der Waals surface area contributed by atoms with Gasteiger partial charge in [-0.1, -0.05) is 30.0 Å². The molecule has 2 aromatic heterocycles. The first-order chi connectivity index (χ1) is 15.2. The Balaban J connectivity index is 1.27. The van der Waals surface area contributed by atoms with E-state index in [1.54, 1.807) is 18.3 Å². The molecule has 0 radical (unpaired) electrons. The van der Waals surface area contributed by atoms with E-state index in [1.807, 2.05) is 42.5 Å². The van der Waals surface area contributed by atoms with Crippen molar-refractivity contribution in [1.29, 1.82) is 0 Å². The first-order valence-electron chi connectivity index (χ1n) is 9.49. The highest BCUT2D eigenvalue weighted by Gasteiger charge is 2.11. The van der Waals surface area contributed by atoms with Crippen molar-refractivity contribution < 1.29 is 13.9 Å². The molecule has 7 nitrogen and oxygen atoms in total. The van der Waals surface area contributed by atoms with Crippen LogP contribution in [0.1, 0.15) is 17.1 Å². The number of ether oxygens (including phenoxy) is 2. The summed E-state index contributed by atoms with van der Waals surface area (Å²) in [5.41, 5.74) is 1.98. The third kappa shape index (κ3) is 5.73. The Labute approximate surface area is 183 Å². The molecule has 0 aliphatic carbocycles. The third-order valence-corrected chi connectivity index (χ3v) is 5.34. The van der Waals surface area contributed by atoms with Crippen LogP contribution >= 0.6 is 11.8 Å². The van der Waals surface area contributed by atoms with Crippen molar-refractivity contribution in [2.75, 3.05) is 5.84 Å². The predicted molar refractivity (Wildman–Crippen MR) is 115 cm³/mol. The Kier molecular flexibility index (Phi) is 6.63. The van der Waals surface area contributed by atoms with Gasteiger partial charge >= 0.3 is 0 Å². The molecule has 0 fully saturated rings. The van der Waals surface area contributed by atoms with Gasteiger partial charge in [0.1, 0.15) is 30.5 Å². The molecule has 2 heterocycles. The molecule has 9 heteroatoms. The molecule has 0 aliphatic rings. The van der Waals surface area contributed by atoms with Crippen LogP contribution in [0.15, 0.2) is 78.1 Å². The minimum Gasteiger partial charge on any atom is -0.487 e. The third-order valence-electron chi connectivity index (χ3n) is 4.32. The van der Waals surface area contributed by atoms with Crippen molar-refractivity contribution in [2.45, 2.75) is 24.1 Å². The number of aromatic nitrogens is 4. The van der Waals surface area contributed by atoms with Crippen molar-refractivity contribution in [3.05, 3.63) is 95.8 Å². The van der Waals surface area contributed by atoms with Crippen molar-refractivity contribution in [3.8, 4) is 11.5 Å². The summed E-state index contributed by atoms with van der Waals surface area (Å²) < 4.78 is 25.7. The molecular formula is C22H20FN5O2S. The summed E-state index contributed by atoms with van der Waals surface area (Å²) in [5, 5.41) is 8.76. The van der Waals surface area contributed by atoms with Gasteiger partial charge in [0.05, 0.1) is 5.69 Å². The molecule has 0 spiro atoms. The molecule has 0 aliphatic heterocycles. The highest BCUT2D eigenvalue weighted by atomic mass is 32.2. The Morgan fingerprint density at radius 3 is 2.29 bits per heavy atom. The van der Waals surface area contributed by atoms with Gasteiger partial charge in [-0.05, 0) is 54.1 Å². The predicted octanol–water partition coefficient (Wildman–Crippen LogP) is 3.98. The Bertz CT molecular complexity index is 1110. The van der Waals surface area contributed by atoms with Gasteiger partial charge in [-0.15, -0.1) is 10.2 Å². The van der Waals surface area contributed by atoms with Crippen LogP contribution in [0.5, 0.6) is 11.5 Å². The van der Waals surface area contributed by atoms with E-state index in [0.717, 1.165) is 17.0 Å². The largest absolute Gasteiger partial charge is 0.487 e. The fourth-order valence-electron chi connectivity index (χ4n) is 2.65. The summed E-state index contributed by atoms with van der Waals surface area (Å²) in [4.78, 5) is 4.24. The zero-order valence-corrected chi connectivity index (χ0v) is 17.3. The fraction of sp³-hybridized carbons (Fsp3) is 0.136. The van der Waals surface area contributed by atoms with Crippen molar-refractivity contribution in [2.24, 2.45) is 0 Å². The second-order valence-electron chi connectivity index (χ2n) is 6.55. The minimum absolute atomic E-state index is 0.137. The highest BCUT2D eigenvalue weighted by molar-refractivity contribution is 7.98. The lowest BCUT2D eigenvalue weighted by Gasteiger charge is -2.07. The van der Waals surface area contributed by atoms with Gasteiger partial charge in [0.2, 0.25) is 5.16 Å². The zero-order valence-electron chi connectivity index (χ0n) is 16.5. The maximum atomic E-state index is 13.0. The first kappa shape index (κ1) is 20.7. The standard InChI is InChI=1S/C22H20FN5O2S/c23-17-6-10-20(11-7-17)30-14-21-26-27-22(28(21)24)31-15-16-4-8-19(9-5-16)29-13-18-3-1-2-12-25-18/h1-12H,13-15,24H2. The molecule has 4 rings (SSSR count). The minimum atomic E-state index is -0.319. The van der Waals surface area contributed by atoms with Crippen LogP contribution in [0.3, 0.4) is 0 Å². The van der Waals surface area contributed by atoms with E-state index in [1.165, 1.54) is 28.6 Å². The maximum absolute atomic E-state index is 13.0. The van der Waals surface area contributed by atoms with Crippen LogP contribution < -0.4 is 15.3 Å². The number of hydrogen-bond acceptors (Lipinski definition) is 7. The maximum Gasteiger partial charge on any atom is 0.210 e. The summed E-state index contributed by atoms with van der Waals surface area (Å²) in [6.07, 6.45) is 1.75. The molecule has 0 amide bonds. The van der Waals surface area contributed by atoms with Crippen molar-refractivity contribution in [1.82, 2.24) is 19.9 Å². The topological polar surface area (TPSA) is 88.1 Å². The monoisotopic (exact) mass is 437 g/mol. The quantitative estimate of drug-likeness (QED) is 0.313. The Morgan fingerprint density at radius 2 is 1.58 bits per heavy atom. The molecule has 0 bridgehead atoms.